The molecule has 0 aliphatic rings. The number of nitrogens with zero attached hydrogens (tertiary/aromatic N) is 1. The molecular formula is C13H14ClN3O. The molecule has 1 aromatic carbocycles. The second-order valence-electron chi connectivity index (χ2n) is 3.77. The Kier molecular flexibility index (Phi) is 4.15. The number of nitrogens with one attached hydrogen (secondary N) is 1. The Morgan fingerprint density at radius 2 is 2.22 bits per heavy atom. The highest BCUT2D eigenvalue weighted by molar-refractivity contribution is 6.30. The number of hydrazine groups is 1. The average Bonchev–Trinajstić information content (AvgIpc) is 2.41. The van der Waals surface area contributed by atoms with Crippen molar-refractivity contribution < 1.29 is 4.74 Å². The molecule has 0 saturated heterocycles. The first kappa shape index (κ1) is 12.8. The van der Waals surface area contributed by atoms with Crippen LogP contribution in [0.3, 0.4) is 0 Å². The van der Waals surface area contributed by atoms with Crippen LogP contribution >= 0.6 is 11.6 Å². The molecule has 0 aliphatic carbocycles. The summed E-state index contributed by atoms with van der Waals surface area (Å²) in [7, 11) is 1.61. The Hall–Kier alpha value is -1.62. The number of hydrogen-bond donors (Lipinski definition) is 2. The molecule has 1 aromatic heterocycles. The van der Waals surface area contributed by atoms with Gasteiger partial charge in [-0.15, -0.1) is 0 Å². The molecule has 4 nitrogen and oxygen atoms in total. The Labute approximate surface area is 111 Å². The zero-order valence-corrected chi connectivity index (χ0v) is 10.7. The van der Waals surface area contributed by atoms with Crippen LogP contribution in [-0.4, -0.2) is 12.1 Å². The summed E-state index contributed by atoms with van der Waals surface area (Å²) in [6, 6.07) is 9.01. The number of rotatable bonds is 4. The van der Waals surface area contributed by atoms with Crippen LogP contribution in [0.5, 0.6) is 5.75 Å². The first-order valence-corrected chi connectivity index (χ1v) is 5.83. The number of aromatic nitrogens is 1. The largest absolute Gasteiger partial charge is 0.496 e. The summed E-state index contributed by atoms with van der Waals surface area (Å²) >= 11 is 6.02. The van der Waals surface area contributed by atoms with Gasteiger partial charge < -0.3 is 4.74 Å². The SMILES string of the molecule is COc1ccc(Cl)cc1C(NN)c1cccnc1. The Bertz CT molecular complexity index is 519. The topological polar surface area (TPSA) is 60.2 Å². The fraction of sp³-hybridized carbons (Fsp3) is 0.154. The molecule has 1 unspecified atom stereocenters. The summed E-state index contributed by atoms with van der Waals surface area (Å²) in [6.45, 7) is 0. The van der Waals surface area contributed by atoms with E-state index in [9.17, 15) is 0 Å². The maximum absolute atomic E-state index is 6.02. The molecular weight excluding hydrogens is 250 g/mol. The van der Waals surface area contributed by atoms with Gasteiger partial charge in [0.25, 0.3) is 0 Å². The quantitative estimate of drug-likeness (QED) is 0.656. The van der Waals surface area contributed by atoms with E-state index in [-0.39, 0.29) is 6.04 Å². The molecule has 0 amide bonds. The third-order valence-corrected chi connectivity index (χ3v) is 2.92. The monoisotopic (exact) mass is 263 g/mol. The van der Waals surface area contributed by atoms with E-state index in [4.69, 9.17) is 22.2 Å². The minimum absolute atomic E-state index is 0.215. The average molecular weight is 264 g/mol. The summed E-state index contributed by atoms with van der Waals surface area (Å²) in [4.78, 5) is 4.09. The highest BCUT2D eigenvalue weighted by atomic mass is 35.5. The third kappa shape index (κ3) is 2.61. The predicted octanol–water partition coefficient (Wildman–Crippen LogP) is 2.30. The van der Waals surface area contributed by atoms with Gasteiger partial charge in [-0.25, -0.2) is 5.43 Å². The van der Waals surface area contributed by atoms with E-state index >= 15 is 0 Å². The van der Waals surface area contributed by atoms with Crippen LogP contribution in [0.25, 0.3) is 0 Å². The second kappa shape index (κ2) is 5.82. The minimum atomic E-state index is -0.215. The zero-order chi connectivity index (χ0) is 13.0. The van der Waals surface area contributed by atoms with Crippen molar-refractivity contribution in [3.63, 3.8) is 0 Å². The van der Waals surface area contributed by atoms with E-state index < -0.39 is 0 Å². The first-order chi connectivity index (χ1) is 8.76. The lowest BCUT2D eigenvalue weighted by Gasteiger charge is -2.19. The first-order valence-electron chi connectivity index (χ1n) is 5.45. The second-order valence-corrected chi connectivity index (χ2v) is 4.21. The predicted molar refractivity (Wildman–Crippen MR) is 71.4 cm³/mol. The molecule has 0 radical (unpaired) electrons. The van der Waals surface area contributed by atoms with Gasteiger partial charge in [0.1, 0.15) is 5.75 Å². The van der Waals surface area contributed by atoms with Gasteiger partial charge in [-0.1, -0.05) is 17.7 Å². The van der Waals surface area contributed by atoms with E-state index in [0.29, 0.717) is 5.02 Å². The molecule has 2 rings (SSSR count). The van der Waals surface area contributed by atoms with Crippen molar-refractivity contribution in [2.45, 2.75) is 6.04 Å². The van der Waals surface area contributed by atoms with Crippen molar-refractivity contribution in [1.82, 2.24) is 10.4 Å². The number of methoxy groups -OCH3 is 1. The van der Waals surface area contributed by atoms with Crippen molar-refractivity contribution in [3.8, 4) is 5.75 Å². The number of pyridine rings is 1. The van der Waals surface area contributed by atoms with E-state index in [0.717, 1.165) is 16.9 Å². The van der Waals surface area contributed by atoms with Gasteiger partial charge in [0.2, 0.25) is 0 Å². The van der Waals surface area contributed by atoms with Crippen LogP contribution in [0, 0.1) is 0 Å². The Morgan fingerprint density at radius 3 is 2.83 bits per heavy atom. The van der Waals surface area contributed by atoms with Crippen LogP contribution in [0.2, 0.25) is 5.02 Å². The Balaban J connectivity index is 2.48. The van der Waals surface area contributed by atoms with Gasteiger partial charge in [-0.3, -0.25) is 10.8 Å². The third-order valence-electron chi connectivity index (χ3n) is 2.69. The van der Waals surface area contributed by atoms with Crippen LogP contribution in [0.15, 0.2) is 42.7 Å². The number of hydrogen-bond acceptors (Lipinski definition) is 4. The van der Waals surface area contributed by atoms with Gasteiger partial charge in [-0.05, 0) is 29.8 Å². The molecule has 0 saturated carbocycles. The molecule has 0 aliphatic heterocycles. The molecule has 0 bridgehead atoms. The summed E-state index contributed by atoms with van der Waals surface area (Å²) in [5, 5.41) is 0.634. The fourth-order valence-corrected chi connectivity index (χ4v) is 2.02. The summed E-state index contributed by atoms with van der Waals surface area (Å²) in [6.07, 6.45) is 3.47. The van der Waals surface area contributed by atoms with Crippen molar-refractivity contribution in [1.29, 1.82) is 0 Å². The lowest BCUT2D eigenvalue weighted by Crippen LogP contribution is -2.29. The number of halogens is 1. The lowest BCUT2D eigenvalue weighted by atomic mass is 10.00. The van der Waals surface area contributed by atoms with Gasteiger partial charge in [0, 0.05) is 23.0 Å². The minimum Gasteiger partial charge on any atom is -0.496 e. The standard InChI is InChI=1S/C13H14ClN3O/c1-18-12-5-4-10(14)7-11(12)13(17-15)9-3-2-6-16-8-9/h2-8,13,17H,15H2,1H3. The summed E-state index contributed by atoms with van der Waals surface area (Å²) in [5.74, 6) is 6.36. The van der Waals surface area contributed by atoms with Crippen LogP contribution < -0.4 is 16.0 Å². The molecule has 5 heteroatoms. The van der Waals surface area contributed by atoms with Crippen molar-refractivity contribution >= 4 is 11.6 Å². The van der Waals surface area contributed by atoms with E-state index in [1.807, 2.05) is 24.3 Å². The highest BCUT2D eigenvalue weighted by Crippen LogP contribution is 2.31. The maximum atomic E-state index is 6.02. The lowest BCUT2D eigenvalue weighted by molar-refractivity contribution is 0.404. The summed E-state index contributed by atoms with van der Waals surface area (Å²) < 4.78 is 5.33. The Morgan fingerprint density at radius 1 is 1.39 bits per heavy atom. The number of ether oxygens (including phenoxy) is 1. The molecule has 3 N–H and O–H groups in total. The van der Waals surface area contributed by atoms with E-state index in [1.165, 1.54) is 0 Å². The van der Waals surface area contributed by atoms with Crippen molar-refractivity contribution in [2.24, 2.45) is 5.84 Å². The zero-order valence-electron chi connectivity index (χ0n) is 9.93. The van der Waals surface area contributed by atoms with Gasteiger partial charge in [0.05, 0.1) is 13.2 Å². The highest BCUT2D eigenvalue weighted by Gasteiger charge is 2.17. The number of benzene rings is 1. The molecule has 0 fully saturated rings. The van der Waals surface area contributed by atoms with E-state index in [1.54, 1.807) is 25.6 Å². The smallest absolute Gasteiger partial charge is 0.124 e. The summed E-state index contributed by atoms with van der Waals surface area (Å²) in [5.41, 5.74) is 4.58. The van der Waals surface area contributed by atoms with Crippen LogP contribution in [0.4, 0.5) is 0 Å². The number of nitrogens with two attached hydrogens (primary N) is 1. The van der Waals surface area contributed by atoms with Crippen LogP contribution in [-0.2, 0) is 0 Å². The van der Waals surface area contributed by atoms with Crippen molar-refractivity contribution in [2.75, 3.05) is 7.11 Å². The maximum Gasteiger partial charge on any atom is 0.124 e. The fourth-order valence-electron chi connectivity index (χ4n) is 1.84. The van der Waals surface area contributed by atoms with Crippen LogP contribution in [0.1, 0.15) is 17.2 Å². The van der Waals surface area contributed by atoms with Gasteiger partial charge in [-0.2, -0.15) is 0 Å². The molecule has 2 aromatic rings. The van der Waals surface area contributed by atoms with Gasteiger partial charge >= 0.3 is 0 Å². The van der Waals surface area contributed by atoms with E-state index in [2.05, 4.69) is 10.4 Å². The molecule has 1 atom stereocenters. The molecule has 18 heavy (non-hydrogen) atoms. The van der Waals surface area contributed by atoms with Crippen molar-refractivity contribution in [3.05, 3.63) is 58.9 Å². The normalized spacial score (nSPS) is 12.2. The molecule has 1 heterocycles. The van der Waals surface area contributed by atoms with Gasteiger partial charge in [0.15, 0.2) is 0 Å². The molecule has 0 spiro atoms. The molecule has 94 valence electrons.